The molecule has 1 aromatic rings. The number of hydrogen-bond acceptors (Lipinski definition) is 4. The molecule has 0 N–H and O–H groups in total. The summed E-state index contributed by atoms with van der Waals surface area (Å²) in [6.07, 6.45) is 4.47. The summed E-state index contributed by atoms with van der Waals surface area (Å²) in [5, 5.41) is 0. The molecule has 3 atom stereocenters. The number of carbonyl (C=O) groups excluding carboxylic acids is 2. The number of methoxy groups -OCH3 is 1. The SMILES string of the molecule is COC(=O)[C@@H]1CCC[C@H]1C(=O)N1CCC[C@@H]1c1cccc(N(C)C)c1. The van der Waals surface area contributed by atoms with Crippen LogP contribution in [0.5, 0.6) is 0 Å². The smallest absolute Gasteiger partial charge is 0.309 e. The lowest BCUT2D eigenvalue weighted by Gasteiger charge is -2.30. The lowest BCUT2D eigenvalue weighted by Crippen LogP contribution is -2.39. The minimum atomic E-state index is -0.271. The summed E-state index contributed by atoms with van der Waals surface area (Å²) in [6, 6.07) is 8.53. The Kier molecular flexibility index (Phi) is 5.30. The van der Waals surface area contributed by atoms with Gasteiger partial charge >= 0.3 is 5.97 Å². The Hall–Kier alpha value is -2.04. The second-order valence-corrected chi connectivity index (χ2v) is 7.35. The van der Waals surface area contributed by atoms with E-state index in [0.717, 1.165) is 44.3 Å². The predicted molar refractivity (Wildman–Crippen MR) is 97.3 cm³/mol. The Morgan fingerprint density at radius 3 is 2.60 bits per heavy atom. The van der Waals surface area contributed by atoms with Crippen LogP contribution < -0.4 is 4.90 Å². The molecule has 1 heterocycles. The van der Waals surface area contributed by atoms with Gasteiger partial charge in [0.2, 0.25) is 5.91 Å². The molecular weight excluding hydrogens is 316 g/mol. The molecule has 3 rings (SSSR count). The van der Waals surface area contributed by atoms with Crippen LogP contribution in [0.15, 0.2) is 24.3 Å². The zero-order chi connectivity index (χ0) is 18.0. The largest absolute Gasteiger partial charge is 0.469 e. The summed E-state index contributed by atoms with van der Waals surface area (Å²) in [7, 11) is 5.46. The first-order valence-electron chi connectivity index (χ1n) is 9.18. The highest BCUT2D eigenvalue weighted by atomic mass is 16.5. The maximum atomic E-state index is 13.2. The Balaban J connectivity index is 1.80. The molecule has 1 saturated carbocycles. The van der Waals surface area contributed by atoms with Crippen molar-refractivity contribution in [2.45, 2.75) is 38.1 Å². The van der Waals surface area contributed by atoms with Crippen molar-refractivity contribution in [2.75, 3.05) is 32.6 Å². The second-order valence-electron chi connectivity index (χ2n) is 7.35. The minimum Gasteiger partial charge on any atom is -0.469 e. The summed E-state index contributed by atoms with van der Waals surface area (Å²) >= 11 is 0. The Bertz CT molecular complexity index is 644. The number of anilines is 1. The molecule has 0 aromatic heterocycles. The van der Waals surface area contributed by atoms with Crippen molar-refractivity contribution in [3.63, 3.8) is 0 Å². The van der Waals surface area contributed by atoms with Crippen LogP contribution in [0, 0.1) is 11.8 Å². The molecule has 2 fully saturated rings. The van der Waals surface area contributed by atoms with Crippen LogP contribution in [0.3, 0.4) is 0 Å². The molecule has 0 unspecified atom stereocenters. The molecule has 0 bridgehead atoms. The molecule has 0 spiro atoms. The standard InChI is InChI=1S/C20H28N2O3/c1-21(2)15-8-4-7-14(13-15)18-11-6-12-22(18)19(23)16-9-5-10-17(16)20(24)25-3/h4,7-8,13,16-18H,5-6,9-12H2,1-3H3/t16-,17-,18-/m1/s1. The van der Waals surface area contributed by atoms with Crippen molar-refractivity contribution >= 4 is 17.6 Å². The third kappa shape index (κ3) is 3.51. The van der Waals surface area contributed by atoms with E-state index in [1.54, 1.807) is 0 Å². The van der Waals surface area contributed by atoms with E-state index >= 15 is 0 Å². The molecule has 5 heteroatoms. The van der Waals surface area contributed by atoms with Gasteiger partial charge in [0, 0.05) is 26.3 Å². The second kappa shape index (κ2) is 7.46. The van der Waals surface area contributed by atoms with E-state index in [4.69, 9.17) is 4.74 Å². The van der Waals surface area contributed by atoms with Gasteiger partial charge < -0.3 is 14.5 Å². The summed E-state index contributed by atoms with van der Waals surface area (Å²) in [5.74, 6) is -0.594. The molecule has 1 aromatic carbocycles. The van der Waals surface area contributed by atoms with Gasteiger partial charge in [-0.2, -0.15) is 0 Å². The number of esters is 1. The maximum Gasteiger partial charge on any atom is 0.309 e. The molecule has 1 saturated heterocycles. The number of nitrogens with zero attached hydrogens (tertiary/aromatic N) is 2. The number of rotatable bonds is 4. The topological polar surface area (TPSA) is 49.9 Å². The van der Waals surface area contributed by atoms with Gasteiger partial charge in [0.25, 0.3) is 0 Å². The Labute approximate surface area is 149 Å². The van der Waals surface area contributed by atoms with Gasteiger partial charge in [0.15, 0.2) is 0 Å². The minimum absolute atomic E-state index is 0.117. The molecule has 0 radical (unpaired) electrons. The van der Waals surface area contributed by atoms with Gasteiger partial charge in [-0.25, -0.2) is 0 Å². The van der Waals surface area contributed by atoms with E-state index in [2.05, 4.69) is 29.2 Å². The highest BCUT2D eigenvalue weighted by Gasteiger charge is 2.43. The lowest BCUT2D eigenvalue weighted by molar-refractivity contribution is -0.152. The van der Waals surface area contributed by atoms with Gasteiger partial charge in [-0.1, -0.05) is 18.6 Å². The predicted octanol–water partition coefficient (Wildman–Crippen LogP) is 3.01. The molecule has 1 aliphatic carbocycles. The van der Waals surface area contributed by atoms with Crippen LogP contribution in [0.4, 0.5) is 5.69 Å². The lowest BCUT2D eigenvalue weighted by atomic mass is 9.93. The van der Waals surface area contributed by atoms with Crippen LogP contribution in [0.25, 0.3) is 0 Å². The van der Waals surface area contributed by atoms with Crippen molar-refractivity contribution in [3.05, 3.63) is 29.8 Å². The fourth-order valence-corrected chi connectivity index (χ4v) is 4.29. The average Bonchev–Trinajstić information content (AvgIpc) is 3.29. The van der Waals surface area contributed by atoms with E-state index in [1.165, 1.54) is 12.7 Å². The summed E-state index contributed by atoms with van der Waals surface area (Å²) in [4.78, 5) is 29.3. The monoisotopic (exact) mass is 344 g/mol. The fourth-order valence-electron chi connectivity index (χ4n) is 4.29. The third-order valence-corrected chi connectivity index (χ3v) is 5.64. The van der Waals surface area contributed by atoms with E-state index < -0.39 is 0 Å². The number of hydrogen-bond donors (Lipinski definition) is 0. The van der Waals surface area contributed by atoms with E-state index in [-0.39, 0.29) is 29.8 Å². The van der Waals surface area contributed by atoms with Gasteiger partial charge in [-0.05, 0) is 43.4 Å². The molecule has 136 valence electrons. The van der Waals surface area contributed by atoms with Gasteiger partial charge in [0.1, 0.15) is 0 Å². The number of carbonyl (C=O) groups is 2. The van der Waals surface area contributed by atoms with Crippen LogP contribution >= 0.6 is 0 Å². The van der Waals surface area contributed by atoms with Crippen LogP contribution in [-0.2, 0) is 14.3 Å². The number of amides is 1. The normalized spacial score (nSPS) is 25.9. The van der Waals surface area contributed by atoms with Crippen LogP contribution in [0.1, 0.15) is 43.7 Å². The zero-order valence-corrected chi connectivity index (χ0v) is 15.4. The Morgan fingerprint density at radius 2 is 1.88 bits per heavy atom. The molecule has 5 nitrogen and oxygen atoms in total. The third-order valence-electron chi connectivity index (χ3n) is 5.64. The average molecular weight is 344 g/mol. The maximum absolute atomic E-state index is 13.2. The first-order chi connectivity index (χ1) is 12.0. The number of ether oxygens (including phenoxy) is 1. The highest BCUT2D eigenvalue weighted by molar-refractivity contribution is 5.86. The van der Waals surface area contributed by atoms with E-state index in [0.29, 0.717) is 0 Å². The van der Waals surface area contributed by atoms with Gasteiger partial charge in [-0.15, -0.1) is 0 Å². The van der Waals surface area contributed by atoms with Crippen molar-refractivity contribution in [2.24, 2.45) is 11.8 Å². The fraction of sp³-hybridized carbons (Fsp3) is 0.600. The molecule has 2 aliphatic rings. The van der Waals surface area contributed by atoms with Crippen molar-refractivity contribution in [1.29, 1.82) is 0 Å². The van der Waals surface area contributed by atoms with E-state index in [1.807, 2.05) is 19.0 Å². The van der Waals surface area contributed by atoms with Crippen molar-refractivity contribution < 1.29 is 14.3 Å². The quantitative estimate of drug-likeness (QED) is 0.788. The number of likely N-dealkylation sites (tertiary alicyclic amines) is 1. The van der Waals surface area contributed by atoms with Crippen molar-refractivity contribution in [1.82, 2.24) is 4.90 Å². The molecule has 1 aliphatic heterocycles. The highest BCUT2D eigenvalue weighted by Crippen LogP contribution is 2.39. The first kappa shape index (κ1) is 17.8. The first-order valence-corrected chi connectivity index (χ1v) is 9.18. The van der Waals surface area contributed by atoms with Crippen LogP contribution in [0.2, 0.25) is 0 Å². The molecule has 1 amide bonds. The van der Waals surface area contributed by atoms with Gasteiger partial charge in [0.05, 0.1) is 25.0 Å². The molecular formula is C20H28N2O3. The van der Waals surface area contributed by atoms with Crippen LogP contribution in [-0.4, -0.2) is 44.5 Å². The summed E-state index contributed by atoms with van der Waals surface area (Å²) < 4.78 is 4.92. The van der Waals surface area contributed by atoms with Crippen molar-refractivity contribution in [3.8, 4) is 0 Å². The Morgan fingerprint density at radius 1 is 1.12 bits per heavy atom. The van der Waals surface area contributed by atoms with Gasteiger partial charge in [-0.3, -0.25) is 9.59 Å². The number of benzene rings is 1. The van der Waals surface area contributed by atoms with E-state index in [9.17, 15) is 9.59 Å². The summed E-state index contributed by atoms with van der Waals surface area (Å²) in [5.41, 5.74) is 2.33. The summed E-state index contributed by atoms with van der Waals surface area (Å²) in [6.45, 7) is 0.778. The molecule has 25 heavy (non-hydrogen) atoms. The zero-order valence-electron chi connectivity index (χ0n) is 15.4.